The van der Waals surface area contributed by atoms with Crippen LogP contribution in [0, 0.1) is 5.92 Å². The molecule has 0 bridgehead atoms. The van der Waals surface area contributed by atoms with Crippen molar-refractivity contribution in [3.63, 3.8) is 0 Å². The van der Waals surface area contributed by atoms with Gasteiger partial charge in [0.05, 0.1) is 22.9 Å². The first-order chi connectivity index (χ1) is 14.0. The second kappa shape index (κ2) is 8.20. The van der Waals surface area contributed by atoms with Gasteiger partial charge in [-0.05, 0) is 40.9 Å². The molecule has 0 atom stereocenters. The quantitative estimate of drug-likeness (QED) is 0.453. The maximum absolute atomic E-state index is 10.4. The van der Waals surface area contributed by atoms with Gasteiger partial charge in [0.25, 0.3) is 0 Å². The summed E-state index contributed by atoms with van der Waals surface area (Å²) in [5, 5.41) is 13.7. The molecule has 4 heterocycles. The van der Waals surface area contributed by atoms with Crippen LogP contribution in [-0.4, -0.2) is 30.7 Å². The molecule has 1 saturated carbocycles. The van der Waals surface area contributed by atoms with Gasteiger partial charge in [-0.2, -0.15) is 9.61 Å². The van der Waals surface area contributed by atoms with Gasteiger partial charge in [-0.1, -0.05) is 19.3 Å². The minimum atomic E-state index is -0.602. The molecule has 0 amide bonds. The highest BCUT2D eigenvalue weighted by molar-refractivity contribution is 9.10. The predicted molar refractivity (Wildman–Crippen MR) is 112 cm³/mol. The standard InChI is InChI=1S/C13H8BrN5O.C7H12O2/c14-10-6-16-12-9(5-18-19(12)11(10)15)8-3-7-1-2-20-13(7)17-4-8;8-7(9)6-4-2-1-3-5-6/h1-6H,15H2;6H,1-5H2,(H,8,9). The maximum Gasteiger partial charge on any atom is 0.306 e. The zero-order valence-corrected chi connectivity index (χ0v) is 17.2. The van der Waals surface area contributed by atoms with Crippen molar-refractivity contribution in [2.75, 3.05) is 5.73 Å². The van der Waals surface area contributed by atoms with Crippen molar-refractivity contribution in [1.82, 2.24) is 19.6 Å². The van der Waals surface area contributed by atoms with Crippen molar-refractivity contribution in [3.05, 3.63) is 41.5 Å². The summed E-state index contributed by atoms with van der Waals surface area (Å²) in [5.41, 5.74) is 9.06. The molecule has 0 aliphatic heterocycles. The van der Waals surface area contributed by atoms with E-state index in [0.29, 0.717) is 21.7 Å². The zero-order chi connectivity index (χ0) is 20.4. The van der Waals surface area contributed by atoms with Crippen LogP contribution in [0.4, 0.5) is 5.82 Å². The number of anilines is 1. The molecule has 8 nitrogen and oxygen atoms in total. The number of carbonyl (C=O) groups is 1. The lowest BCUT2D eigenvalue weighted by molar-refractivity contribution is -0.142. The summed E-state index contributed by atoms with van der Waals surface area (Å²) >= 11 is 3.34. The lowest BCUT2D eigenvalue weighted by Crippen LogP contribution is -2.16. The molecule has 0 spiro atoms. The van der Waals surface area contributed by atoms with E-state index in [4.69, 9.17) is 15.3 Å². The van der Waals surface area contributed by atoms with Gasteiger partial charge in [0.1, 0.15) is 5.82 Å². The smallest absolute Gasteiger partial charge is 0.306 e. The van der Waals surface area contributed by atoms with Gasteiger partial charge in [-0.15, -0.1) is 0 Å². The summed E-state index contributed by atoms with van der Waals surface area (Å²) in [6, 6.07) is 3.86. The lowest BCUT2D eigenvalue weighted by Gasteiger charge is -2.16. The molecule has 150 valence electrons. The van der Waals surface area contributed by atoms with Gasteiger partial charge in [0, 0.05) is 28.9 Å². The van der Waals surface area contributed by atoms with E-state index in [-0.39, 0.29) is 5.92 Å². The van der Waals surface area contributed by atoms with Crippen LogP contribution < -0.4 is 5.73 Å². The van der Waals surface area contributed by atoms with Crippen molar-refractivity contribution in [1.29, 1.82) is 0 Å². The highest BCUT2D eigenvalue weighted by Gasteiger charge is 2.19. The molecule has 1 fully saturated rings. The van der Waals surface area contributed by atoms with Gasteiger partial charge in [0.2, 0.25) is 5.71 Å². The molecular weight excluding hydrogens is 438 g/mol. The molecule has 0 radical (unpaired) electrons. The molecular formula is C20H20BrN5O3. The van der Waals surface area contributed by atoms with Gasteiger partial charge in [-0.25, -0.2) is 9.97 Å². The number of nitrogens with zero attached hydrogens (tertiary/aromatic N) is 4. The average Bonchev–Trinajstić information content (AvgIpc) is 3.38. The zero-order valence-electron chi connectivity index (χ0n) is 15.6. The topological polar surface area (TPSA) is 120 Å². The molecule has 4 aromatic rings. The number of halogens is 1. The number of aromatic nitrogens is 4. The van der Waals surface area contributed by atoms with Crippen LogP contribution in [0.1, 0.15) is 32.1 Å². The predicted octanol–water partition coefficient (Wildman–Crippen LogP) is 4.53. The van der Waals surface area contributed by atoms with Gasteiger partial charge >= 0.3 is 5.97 Å². The highest BCUT2D eigenvalue weighted by atomic mass is 79.9. The Morgan fingerprint density at radius 1 is 1.21 bits per heavy atom. The third kappa shape index (κ3) is 3.95. The Balaban J connectivity index is 0.000000192. The summed E-state index contributed by atoms with van der Waals surface area (Å²) in [7, 11) is 0. The third-order valence-electron chi connectivity index (χ3n) is 5.09. The number of furan rings is 1. The number of carboxylic acid groups (broad SMARTS) is 1. The number of carboxylic acids is 1. The fraction of sp³-hybridized carbons (Fsp3) is 0.300. The highest BCUT2D eigenvalue weighted by Crippen LogP contribution is 2.28. The molecule has 4 aromatic heterocycles. The van der Waals surface area contributed by atoms with Crippen molar-refractivity contribution >= 4 is 44.5 Å². The molecule has 9 heteroatoms. The Labute approximate surface area is 174 Å². The van der Waals surface area contributed by atoms with Gasteiger partial charge < -0.3 is 15.3 Å². The Hall–Kier alpha value is -2.94. The summed E-state index contributed by atoms with van der Waals surface area (Å²) < 4.78 is 7.55. The van der Waals surface area contributed by atoms with Crippen LogP contribution in [0.15, 0.2) is 45.9 Å². The second-order valence-electron chi connectivity index (χ2n) is 7.00. The van der Waals surface area contributed by atoms with Crippen LogP contribution in [0.3, 0.4) is 0 Å². The van der Waals surface area contributed by atoms with E-state index in [2.05, 4.69) is 31.0 Å². The van der Waals surface area contributed by atoms with E-state index in [1.54, 1.807) is 29.4 Å². The van der Waals surface area contributed by atoms with E-state index < -0.39 is 5.97 Å². The normalized spacial score (nSPS) is 14.7. The third-order valence-corrected chi connectivity index (χ3v) is 5.70. The number of hydrogen-bond acceptors (Lipinski definition) is 6. The molecule has 1 aliphatic carbocycles. The Bertz CT molecular complexity index is 1160. The summed E-state index contributed by atoms with van der Waals surface area (Å²) in [4.78, 5) is 19.0. The summed E-state index contributed by atoms with van der Waals surface area (Å²) in [6.07, 6.45) is 12.0. The monoisotopic (exact) mass is 457 g/mol. The van der Waals surface area contributed by atoms with E-state index in [0.717, 1.165) is 42.2 Å². The van der Waals surface area contributed by atoms with E-state index in [1.807, 2.05) is 12.1 Å². The Kier molecular flexibility index (Phi) is 5.48. The van der Waals surface area contributed by atoms with Crippen LogP contribution in [0.2, 0.25) is 0 Å². The second-order valence-corrected chi connectivity index (χ2v) is 7.85. The first-order valence-corrected chi connectivity index (χ1v) is 10.2. The Morgan fingerprint density at radius 3 is 2.72 bits per heavy atom. The maximum atomic E-state index is 10.4. The van der Waals surface area contributed by atoms with E-state index >= 15 is 0 Å². The number of rotatable bonds is 2. The van der Waals surface area contributed by atoms with Gasteiger partial charge in [0.15, 0.2) is 5.65 Å². The number of pyridine rings is 1. The summed E-state index contributed by atoms with van der Waals surface area (Å²) in [5.74, 6) is -0.118. The average molecular weight is 458 g/mol. The Morgan fingerprint density at radius 2 is 2.00 bits per heavy atom. The number of fused-ring (bicyclic) bond motifs is 2. The van der Waals surface area contributed by atoms with Crippen molar-refractivity contribution in [2.24, 2.45) is 5.92 Å². The van der Waals surface area contributed by atoms with Crippen LogP contribution >= 0.6 is 15.9 Å². The number of nitrogen functional groups attached to an aromatic ring is 1. The molecule has 0 unspecified atom stereocenters. The van der Waals surface area contributed by atoms with Crippen molar-refractivity contribution in [3.8, 4) is 11.1 Å². The molecule has 0 aromatic carbocycles. The summed E-state index contributed by atoms with van der Waals surface area (Å²) in [6.45, 7) is 0. The van der Waals surface area contributed by atoms with E-state index in [9.17, 15) is 4.79 Å². The van der Waals surface area contributed by atoms with Crippen molar-refractivity contribution in [2.45, 2.75) is 32.1 Å². The van der Waals surface area contributed by atoms with Crippen LogP contribution in [0.25, 0.3) is 27.9 Å². The minimum Gasteiger partial charge on any atom is -0.481 e. The molecule has 29 heavy (non-hydrogen) atoms. The largest absolute Gasteiger partial charge is 0.481 e. The minimum absolute atomic E-state index is 0.0289. The molecule has 3 N–H and O–H groups in total. The molecule has 1 aliphatic rings. The first-order valence-electron chi connectivity index (χ1n) is 9.38. The number of nitrogens with two attached hydrogens (primary N) is 1. The molecule has 5 rings (SSSR count). The van der Waals surface area contributed by atoms with Crippen LogP contribution in [0.5, 0.6) is 0 Å². The van der Waals surface area contributed by atoms with Crippen LogP contribution in [-0.2, 0) is 4.79 Å². The fourth-order valence-electron chi connectivity index (χ4n) is 3.49. The lowest BCUT2D eigenvalue weighted by atomic mass is 9.90. The SMILES string of the molecule is Nc1c(Br)cnc2c(-c3cnc4occc4c3)cnn12.O=C(O)C1CCCCC1. The number of hydrogen-bond donors (Lipinski definition) is 2. The first kappa shape index (κ1) is 19.4. The molecule has 0 saturated heterocycles. The van der Waals surface area contributed by atoms with Crippen molar-refractivity contribution < 1.29 is 14.3 Å². The number of aliphatic carboxylic acids is 1. The van der Waals surface area contributed by atoms with Gasteiger partial charge in [-0.3, -0.25) is 4.79 Å². The van der Waals surface area contributed by atoms with E-state index in [1.165, 1.54) is 6.42 Å². The fourth-order valence-corrected chi connectivity index (χ4v) is 3.76.